The third-order valence-corrected chi connectivity index (χ3v) is 7.89. The molecule has 0 aromatic heterocycles. The zero-order chi connectivity index (χ0) is 41.9. The zero-order valence-electron chi connectivity index (χ0n) is 32.4. The zero-order valence-corrected chi connectivity index (χ0v) is 32.4. The Morgan fingerprint density at radius 2 is 1.14 bits per heavy atom. The fraction of sp³-hybridized carbons (Fsp3) is 0.970. The second kappa shape index (κ2) is 35.9. The number of nitrogens with zero attached hydrogens (tertiary/aromatic N) is 3. The molecule has 0 spiro atoms. The summed E-state index contributed by atoms with van der Waals surface area (Å²) < 4.78 is 53.7. The van der Waals surface area contributed by atoms with E-state index in [9.17, 15) is 45.6 Å². The highest BCUT2D eigenvalue weighted by atomic mass is 16.7. The van der Waals surface area contributed by atoms with Gasteiger partial charge in [0.2, 0.25) is 5.91 Å². The number of nitrogens with one attached hydrogen (secondary N) is 2. The van der Waals surface area contributed by atoms with Crippen molar-refractivity contribution in [3.05, 3.63) is 10.4 Å². The minimum atomic E-state index is -1.83. The van der Waals surface area contributed by atoms with Crippen molar-refractivity contribution in [2.75, 3.05) is 145 Å². The molecule has 24 heteroatoms. The van der Waals surface area contributed by atoms with Crippen LogP contribution in [0.3, 0.4) is 0 Å². The summed E-state index contributed by atoms with van der Waals surface area (Å²) in [6.45, 7) is 5.11. The Labute approximate surface area is 331 Å². The lowest BCUT2D eigenvalue weighted by Crippen LogP contribution is -2.61. The lowest BCUT2D eigenvalue weighted by atomic mass is 9.98. The maximum absolute atomic E-state index is 12.0. The molecule has 1 amide bonds. The van der Waals surface area contributed by atoms with Crippen LogP contribution in [0.2, 0.25) is 0 Å². The Morgan fingerprint density at radius 3 is 1.60 bits per heavy atom. The summed E-state index contributed by atoms with van der Waals surface area (Å²) in [6.07, 6.45) is -15.0. The van der Waals surface area contributed by atoms with E-state index in [0.29, 0.717) is 106 Å². The molecule has 0 saturated carbocycles. The van der Waals surface area contributed by atoms with Gasteiger partial charge >= 0.3 is 0 Å². The van der Waals surface area contributed by atoms with E-state index in [1.165, 1.54) is 0 Å². The first kappa shape index (κ1) is 53.0. The van der Waals surface area contributed by atoms with E-state index in [1.54, 1.807) is 0 Å². The molecule has 0 radical (unpaired) electrons. The molecular formula is C33H65N5O19. The van der Waals surface area contributed by atoms with Gasteiger partial charge in [-0.15, -0.1) is 0 Å². The van der Waals surface area contributed by atoms with Gasteiger partial charge in [-0.3, -0.25) is 4.79 Å². The molecule has 24 nitrogen and oxygen atoms in total. The Morgan fingerprint density at radius 1 is 0.667 bits per heavy atom. The maximum Gasteiger partial charge on any atom is 0.222 e. The highest BCUT2D eigenvalue weighted by Crippen LogP contribution is 2.25. The number of amides is 1. The molecule has 1 saturated heterocycles. The first-order chi connectivity index (χ1) is 27.7. The van der Waals surface area contributed by atoms with Crippen LogP contribution >= 0.6 is 0 Å². The van der Waals surface area contributed by atoms with E-state index in [4.69, 9.17) is 52.9 Å². The van der Waals surface area contributed by atoms with Gasteiger partial charge in [0.25, 0.3) is 0 Å². The number of carbonyl (C=O) groups excluding carboxylic acids is 1. The van der Waals surface area contributed by atoms with Gasteiger partial charge in [-0.1, -0.05) is 5.11 Å². The van der Waals surface area contributed by atoms with Crippen LogP contribution in [0.4, 0.5) is 0 Å². The predicted octanol–water partition coefficient (Wildman–Crippen LogP) is -5.21. The van der Waals surface area contributed by atoms with Gasteiger partial charge in [0, 0.05) is 37.5 Å². The summed E-state index contributed by atoms with van der Waals surface area (Å²) in [5.41, 5.74) is 8.15. The number of rotatable bonds is 39. The number of aliphatic hydroxyl groups excluding tert-OH is 8. The van der Waals surface area contributed by atoms with Gasteiger partial charge in [-0.2, -0.15) is 0 Å². The molecule has 1 heterocycles. The number of ether oxygens (including phenoxy) is 10. The van der Waals surface area contributed by atoms with Crippen molar-refractivity contribution < 1.29 is 93.0 Å². The van der Waals surface area contributed by atoms with Crippen LogP contribution in [-0.2, 0) is 52.2 Å². The summed E-state index contributed by atoms with van der Waals surface area (Å²) in [5.74, 6) is -0.272. The van der Waals surface area contributed by atoms with Crippen molar-refractivity contribution >= 4 is 5.91 Å². The van der Waals surface area contributed by atoms with Crippen molar-refractivity contribution in [3.8, 4) is 0 Å². The number of hydrogen-bond donors (Lipinski definition) is 10. The van der Waals surface area contributed by atoms with Crippen molar-refractivity contribution in [2.24, 2.45) is 5.11 Å². The minimum absolute atomic E-state index is 0.107. The predicted molar refractivity (Wildman–Crippen MR) is 195 cm³/mol. The van der Waals surface area contributed by atoms with Crippen LogP contribution in [0.1, 0.15) is 6.42 Å². The average molecular weight is 836 g/mol. The van der Waals surface area contributed by atoms with Crippen LogP contribution in [0.5, 0.6) is 0 Å². The topological polar surface area (TPSA) is 344 Å². The van der Waals surface area contributed by atoms with Gasteiger partial charge in [0.15, 0.2) is 6.29 Å². The Bertz CT molecular complexity index is 1010. The van der Waals surface area contributed by atoms with Gasteiger partial charge in [-0.05, 0) is 5.53 Å². The van der Waals surface area contributed by atoms with Crippen LogP contribution in [0, 0.1) is 0 Å². The quantitative estimate of drug-likeness (QED) is 0.0120. The normalized spacial score (nSPS) is 21.8. The van der Waals surface area contributed by atoms with Crippen LogP contribution in [0.15, 0.2) is 5.11 Å². The fourth-order valence-electron chi connectivity index (χ4n) is 4.76. The Kier molecular flexibility index (Phi) is 33.4. The molecule has 10 N–H and O–H groups in total. The van der Waals surface area contributed by atoms with E-state index < -0.39 is 68.3 Å². The van der Waals surface area contributed by atoms with E-state index in [-0.39, 0.29) is 38.6 Å². The molecule has 0 aliphatic carbocycles. The largest absolute Gasteiger partial charge is 0.394 e. The summed E-state index contributed by atoms with van der Waals surface area (Å²) in [7, 11) is 0. The minimum Gasteiger partial charge on any atom is -0.394 e. The van der Waals surface area contributed by atoms with E-state index in [0.717, 1.165) is 0 Å². The fourth-order valence-corrected chi connectivity index (χ4v) is 4.76. The third-order valence-electron chi connectivity index (χ3n) is 7.89. The van der Waals surface area contributed by atoms with Crippen molar-refractivity contribution in [1.29, 1.82) is 0 Å². The first-order valence-electron chi connectivity index (χ1n) is 18.9. The van der Waals surface area contributed by atoms with Crippen molar-refractivity contribution in [3.63, 3.8) is 0 Å². The Balaban J connectivity index is 1.94. The molecule has 336 valence electrons. The molecule has 1 aliphatic heterocycles. The number of hydrogen-bond acceptors (Lipinski definition) is 21. The SMILES string of the molecule is [N-]=[N+]=NCCOCCOCCOCCOCCOCCOCCOCCOCCC(=O)NCCNC[C@H](O)[C@@H](O)[C@H](O[C@H]1O[C@H](CO)[C@@H](O)[C@H](O)[C@H]1O)[C@H](O)CO. The summed E-state index contributed by atoms with van der Waals surface area (Å²) in [5, 5.41) is 88.8. The molecule has 0 aromatic carbocycles. The Hall–Kier alpha value is -1.98. The van der Waals surface area contributed by atoms with E-state index in [1.807, 2.05) is 0 Å². The van der Waals surface area contributed by atoms with Crippen molar-refractivity contribution in [1.82, 2.24) is 10.6 Å². The number of azide groups is 1. The molecule has 0 bridgehead atoms. The van der Waals surface area contributed by atoms with Gasteiger partial charge in [0.1, 0.15) is 42.7 Å². The first-order valence-corrected chi connectivity index (χ1v) is 18.9. The van der Waals surface area contributed by atoms with Crippen LogP contribution in [0.25, 0.3) is 10.4 Å². The molecule has 1 aliphatic rings. The van der Waals surface area contributed by atoms with Gasteiger partial charge in [-0.25, -0.2) is 0 Å². The highest BCUT2D eigenvalue weighted by molar-refractivity contribution is 5.75. The summed E-state index contributed by atoms with van der Waals surface area (Å²) in [6, 6.07) is 0. The molecule has 0 unspecified atom stereocenters. The van der Waals surface area contributed by atoms with Gasteiger partial charge in [0.05, 0.1) is 125 Å². The third kappa shape index (κ3) is 26.0. The van der Waals surface area contributed by atoms with E-state index in [2.05, 4.69) is 20.7 Å². The molecule has 1 fully saturated rings. The highest BCUT2D eigenvalue weighted by Gasteiger charge is 2.46. The maximum atomic E-state index is 12.0. The summed E-state index contributed by atoms with van der Waals surface area (Å²) in [4.78, 5) is 14.7. The molecule has 0 aromatic rings. The second-order valence-electron chi connectivity index (χ2n) is 12.3. The van der Waals surface area contributed by atoms with Crippen molar-refractivity contribution in [2.45, 2.75) is 61.5 Å². The number of aliphatic hydroxyl groups is 8. The molecule has 57 heavy (non-hydrogen) atoms. The number of carbonyl (C=O) groups is 1. The molecule has 9 atom stereocenters. The van der Waals surface area contributed by atoms with Crippen LogP contribution < -0.4 is 10.6 Å². The molecule has 1 rings (SSSR count). The lowest BCUT2D eigenvalue weighted by molar-refractivity contribution is -0.327. The van der Waals surface area contributed by atoms with E-state index >= 15 is 0 Å². The van der Waals surface area contributed by atoms with Crippen LogP contribution in [-0.4, -0.2) is 247 Å². The summed E-state index contributed by atoms with van der Waals surface area (Å²) >= 11 is 0. The standard InChI is InChI=1S/C33H65N5O19/c34-38-37-4-6-49-8-10-51-12-14-53-16-18-55-20-19-54-17-15-52-13-11-50-9-7-48-5-1-27(43)36-3-2-35-21-24(41)28(44)32(25(42)22-39)57-33-31(47)30(46)29(45)26(23-40)56-33/h24-26,28-33,35,39-42,44-47H,1-23H2,(H,36,43)/t24-,25+,26+,28+,29+,30-,31+,32+,33+/m0/s1. The molecular weight excluding hydrogens is 770 g/mol. The smallest absolute Gasteiger partial charge is 0.222 e. The van der Waals surface area contributed by atoms with Gasteiger partial charge < -0.3 is 98.9 Å². The monoisotopic (exact) mass is 835 g/mol. The lowest BCUT2D eigenvalue weighted by Gasteiger charge is -2.42. The average Bonchev–Trinajstić information content (AvgIpc) is 3.21. The second-order valence-corrected chi connectivity index (χ2v) is 12.3.